The van der Waals surface area contributed by atoms with Gasteiger partial charge >= 0.3 is 0 Å². The maximum atomic E-state index is 13.5. The van der Waals surface area contributed by atoms with Crippen LogP contribution < -0.4 is 0 Å². The summed E-state index contributed by atoms with van der Waals surface area (Å²) < 4.78 is 26.7. The summed E-state index contributed by atoms with van der Waals surface area (Å²) in [5.74, 6) is -2.86. The molecule has 1 aliphatic heterocycles. The highest BCUT2D eigenvalue weighted by Gasteiger charge is 2.32. The van der Waals surface area contributed by atoms with Crippen molar-refractivity contribution in [3.8, 4) is 0 Å². The number of imide groups is 1. The Hall–Kier alpha value is -3.61. The summed E-state index contributed by atoms with van der Waals surface area (Å²) in [7, 11) is 1.59. The summed E-state index contributed by atoms with van der Waals surface area (Å²) in [5, 5.41) is 1.50. The van der Waals surface area contributed by atoms with Crippen LogP contribution in [0.2, 0.25) is 0 Å². The first-order valence-corrected chi connectivity index (χ1v) is 10.4. The van der Waals surface area contributed by atoms with Gasteiger partial charge in [0.2, 0.25) is 5.91 Å². The van der Waals surface area contributed by atoms with Crippen LogP contribution in [-0.2, 0) is 4.79 Å². The zero-order valence-corrected chi connectivity index (χ0v) is 17.8. The van der Waals surface area contributed by atoms with Crippen LogP contribution in [0.4, 0.5) is 8.78 Å². The van der Waals surface area contributed by atoms with Crippen molar-refractivity contribution in [1.82, 2.24) is 9.80 Å². The van der Waals surface area contributed by atoms with E-state index in [1.807, 2.05) is 12.1 Å². The first-order chi connectivity index (χ1) is 15.3. The highest BCUT2D eigenvalue weighted by molar-refractivity contribution is 6.25. The normalized spacial score (nSPS) is 14.1. The molecule has 0 N–H and O–H groups in total. The van der Waals surface area contributed by atoms with Crippen molar-refractivity contribution in [1.29, 1.82) is 0 Å². The molecule has 7 heteroatoms. The summed E-state index contributed by atoms with van der Waals surface area (Å²) in [6.45, 7) is 1.83. The maximum absolute atomic E-state index is 13.5. The molecule has 1 atom stereocenters. The standard InChI is InChI=1S/C25H22F2N2O3/c1-15(17-11-12-20(26)21(27)14-17)28(2)22(30)10-5-13-29-24(31)18-8-3-6-16-7-4-9-19(23(16)18)25(29)32/h3-4,6-9,11-12,14-15H,5,10,13H2,1-2H3. The minimum absolute atomic E-state index is 0.105. The van der Waals surface area contributed by atoms with Gasteiger partial charge in [-0.1, -0.05) is 30.3 Å². The summed E-state index contributed by atoms with van der Waals surface area (Å²) in [4.78, 5) is 41.1. The average Bonchev–Trinajstić information content (AvgIpc) is 2.80. The molecule has 3 aromatic carbocycles. The zero-order chi connectivity index (χ0) is 23.0. The van der Waals surface area contributed by atoms with E-state index in [-0.39, 0.29) is 30.7 Å². The molecule has 4 rings (SSSR count). The molecule has 0 bridgehead atoms. The molecule has 3 amide bonds. The van der Waals surface area contributed by atoms with Crippen LogP contribution in [-0.4, -0.2) is 41.1 Å². The highest BCUT2D eigenvalue weighted by atomic mass is 19.2. The number of hydrogen-bond acceptors (Lipinski definition) is 3. The first-order valence-electron chi connectivity index (χ1n) is 10.4. The second-order valence-corrected chi connectivity index (χ2v) is 7.93. The van der Waals surface area contributed by atoms with Crippen molar-refractivity contribution in [2.24, 2.45) is 0 Å². The molecule has 0 fully saturated rings. The molecule has 0 spiro atoms. The molecule has 0 aliphatic carbocycles. The Morgan fingerprint density at radius 3 is 2.19 bits per heavy atom. The Bertz CT molecular complexity index is 1190. The van der Waals surface area contributed by atoms with Crippen molar-refractivity contribution < 1.29 is 23.2 Å². The van der Waals surface area contributed by atoms with Crippen LogP contribution in [0.3, 0.4) is 0 Å². The van der Waals surface area contributed by atoms with Crippen molar-refractivity contribution in [2.45, 2.75) is 25.8 Å². The van der Waals surface area contributed by atoms with E-state index in [4.69, 9.17) is 0 Å². The van der Waals surface area contributed by atoms with Gasteiger partial charge in [0.1, 0.15) is 0 Å². The van der Waals surface area contributed by atoms with Gasteiger partial charge in [0.25, 0.3) is 11.8 Å². The molecule has 3 aromatic rings. The molecule has 164 valence electrons. The van der Waals surface area contributed by atoms with Crippen molar-refractivity contribution in [2.75, 3.05) is 13.6 Å². The van der Waals surface area contributed by atoms with E-state index < -0.39 is 17.7 Å². The Morgan fingerprint density at radius 2 is 1.59 bits per heavy atom. The SMILES string of the molecule is CC(c1ccc(F)c(F)c1)N(C)C(=O)CCCN1C(=O)c2cccc3cccc(c23)C1=O. The van der Waals surface area contributed by atoms with Crippen LogP contribution in [0, 0.1) is 11.6 Å². The molecular weight excluding hydrogens is 414 g/mol. The Labute approximate surface area is 184 Å². The molecule has 0 saturated heterocycles. The predicted molar refractivity (Wildman–Crippen MR) is 116 cm³/mol. The first kappa shape index (κ1) is 21.6. The van der Waals surface area contributed by atoms with E-state index in [9.17, 15) is 23.2 Å². The lowest BCUT2D eigenvalue weighted by atomic mass is 9.94. The molecule has 5 nitrogen and oxygen atoms in total. The fraction of sp³-hybridized carbons (Fsp3) is 0.240. The minimum Gasteiger partial charge on any atom is -0.339 e. The van der Waals surface area contributed by atoms with Gasteiger partial charge in [0.05, 0.1) is 6.04 Å². The molecule has 32 heavy (non-hydrogen) atoms. The molecule has 0 radical (unpaired) electrons. The third-order valence-electron chi connectivity index (χ3n) is 6.03. The summed E-state index contributed by atoms with van der Waals surface area (Å²) in [5.41, 5.74) is 1.44. The van der Waals surface area contributed by atoms with Crippen LogP contribution in [0.1, 0.15) is 52.1 Å². The predicted octanol–water partition coefficient (Wildman–Crippen LogP) is 4.71. The van der Waals surface area contributed by atoms with Crippen molar-refractivity contribution in [3.05, 3.63) is 82.9 Å². The topological polar surface area (TPSA) is 57.7 Å². The quantitative estimate of drug-likeness (QED) is 0.526. The van der Waals surface area contributed by atoms with E-state index in [0.717, 1.165) is 17.5 Å². The molecule has 1 heterocycles. The highest BCUT2D eigenvalue weighted by Crippen LogP contribution is 2.30. The second kappa shape index (κ2) is 8.49. The van der Waals surface area contributed by atoms with Gasteiger partial charge in [0.15, 0.2) is 11.6 Å². The average molecular weight is 436 g/mol. The number of benzene rings is 3. The Morgan fingerprint density at radius 1 is 0.969 bits per heavy atom. The Kier molecular flexibility index (Phi) is 5.74. The Balaban J connectivity index is 1.42. The maximum Gasteiger partial charge on any atom is 0.261 e. The second-order valence-electron chi connectivity index (χ2n) is 7.93. The smallest absolute Gasteiger partial charge is 0.261 e. The third-order valence-corrected chi connectivity index (χ3v) is 6.03. The van der Waals surface area contributed by atoms with Crippen LogP contribution >= 0.6 is 0 Å². The number of halogens is 2. The van der Waals surface area contributed by atoms with Crippen molar-refractivity contribution in [3.63, 3.8) is 0 Å². The number of hydrogen-bond donors (Lipinski definition) is 0. The lowest BCUT2D eigenvalue weighted by Crippen LogP contribution is -2.41. The monoisotopic (exact) mass is 436 g/mol. The van der Waals surface area contributed by atoms with E-state index in [0.29, 0.717) is 28.5 Å². The number of rotatable bonds is 6. The van der Waals surface area contributed by atoms with Crippen molar-refractivity contribution >= 4 is 28.5 Å². The lowest BCUT2D eigenvalue weighted by molar-refractivity contribution is -0.132. The van der Waals surface area contributed by atoms with Crippen LogP contribution in [0.25, 0.3) is 10.8 Å². The molecule has 1 unspecified atom stereocenters. The molecular formula is C25H22F2N2O3. The fourth-order valence-corrected chi connectivity index (χ4v) is 4.06. The number of nitrogens with zero attached hydrogens (tertiary/aromatic N) is 2. The number of amides is 3. The van der Waals surface area contributed by atoms with Gasteiger partial charge in [-0.2, -0.15) is 0 Å². The van der Waals surface area contributed by atoms with Gasteiger partial charge in [-0.15, -0.1) is 0 Å². The van der Waals surface area contributed by atoms with E-state index in [1.54, 1.807) is 38.2 Å². The summed E-state index contributed by atoms with van der Waals surface area (Å²) >= 11 is 0. The van der Waals surface area contributed by atoms with E-state index in [1.165, 1.54) is 15.9 Å². The molecule has 1 aliphatic rings. The largest absolute Gasteiger partial charge is 0.339 e. The van der Waals surface area contributed by atoms with Gasteiger partial charge in [-0.25, -0.2) is 8.78 Å². The number of carbonyl (C=O) groups excluding carboxylic acids is 3. The van der Waals surface area contributed by atoms with Gasteiger partial charge < -0.3 is 4.90 Å². The lowest BCUT2D eigenvalue weighted by Gasteiger charge is -2.28. The third kappa shape index (κ3) is 3.75. The summed E-state index contributed by atoms with van der Waals surface area (Å²) in [6.07, 6.45) is 0.400. The molecule has 0 aromatic heterocycles. The zero-order valence-electron chi connectivity index (χ0n) is 17.8. The van der Waals surface area contributed by atoms with E-state index in [2.05, 4.69) is 0 Å². The summed E-state index contributed by atoms with van der Waals surface area (Å²) in [6, 6.07) is 13.8. The molecule has 0 saturated carbocycles. The van der Waals surface area contributed by atoms with Gasteiger partial charge in [0, 0.05) is 36.5 Å². The minimum atomic E-state index is -0.965. The van der Waals surface area contributed by atoms with Crippen LogP contribution in [0.15, 0.2) is 54.6 Å². The van der Waals surface area contributed by atoms with Crippen LogP contribution in [0.5, 0.6) is 0 Å². The van der Waals surface area contributed by atoms with Gasteiger partial charge in [-0.3, -0.25) is 19.3 Å². The van der Waals surface area contributed by atoms with Gasteiger partial charge in [-0.05, 0) is 48.6 Å². The fourth-order valence-electron chi connectivity index (χ4n) is 4.06. The number of carbonyl (C=O) groups is 3. The van der Waals surface area contributed by atoms with E-state index >= 15 is 0 Å².